The first-order chi connectivity index (χ1) is 7.17. The fourth-order valence-electron chi connectivity index (χ4n) is 1.60. The van der Waals surface area contributed by atoms with Crippen LogP contribution in [0, 0.1) is 0 Å². The fraction of sp³-hybridized carbons (Fsp3) is 0.538. The maximum absolute atomic E-state index is 4.20. The Morgan fingerprint density at radius 3 is 2.47 bits per heavy atom. The zero-order chi connectivity index (χ0) is 11.1. The smallest absolute Gasteiger partial charge is 0.00431 e. The second-order valence-corrected chi connectivity index (χ2v) is 4.95. The van der Waals surface area contributed by atoms with E-state index >= 15 is 0 Å². The monoisotopic (exact) mass is 223 g/mol. The molecule has 2 heteroatoms. The third kappa shape index (κ3) is 4.27. The number of nitrogens with one attached hydrogen (secondary N) is 1. The molecule has 0 atom stereocenters. The van der Waals surface area contributed by atoms with Crippen molar-refractivity contribution in [1.29, 1.82) is 0 Å². The molecule has 15 heavy (non-hydrogen) atoms. The van der Waals surface area contributed by atoms with Crippen LogP contribution < -0.4 is 5.32 Å². The molecule has 0 amide bonds. The number of benzene rings is 1. The minimum Gasteiger partial charge on any atom is -0.316 e. The molecular formula is C13H21NS. The maximum Gasteiger partial charge on any atom is 0.00431 e. The Morgan fingerprint density at radius 2 is 1.87 bits per heavy atom. The number of hydrogen-bond acceptors (Lipinski definition) is 2. The van der Waals surface area contributed by atoms with Crippen molar-refractivity contribution in [1.82, 2.24) is 5.32 Å². The summed E-state index contributed by atoms with van der Waals surface area (Å²) in [7, 11) is 0. The Kier molecular flexibility index (Phi) is 5.20. The third-order valence-electron chi connectivity index (χ3n) is 2.63. The predicted molar refractivity (Wildman–Crippen MR) is 70.8 cm³/mol. The van der Waals surface area contributed by atoms with E-state index in [1.807, 2.05) is 0 Å². The van der Waals surface area contributed by atoms with E-state index in [4.69, 9.17) is 0 Å². The molecule has 1 rings (SSSR count). The van der Waals surface area contributed by atoms with Crippen molar-refractivity contribution in [2.24, 2.45) is 0 Å². The highest BCUT2D eigenvalue weighted by molar-refractivity contribution is 7.80. The lowest BCUT2D eigenvalue weighted by atomic mass is 9.84. The summed E-state index contributed by atoms with van der Waals surface area (Å²) in [4.78, 5) is 0. The van der Waals surface area contributed by atoms with Gasteiger partial charge in [0.25, 0.3) is 0 Å². The Balaban J connectivity index is 2.45. The lowest BCUT2D eigenvalue weighted by Crippen LogP contribution is -2.33. The third-order valence-corrected chi connectivity index (χ3v) is 2.95. The number of rotatable bonds is 6. The molecule has 0 bridgehead atoms. The van der Waals surface area contributed by atoms with Crippen LogP contribution in [0.4, 0.5) is 0 Å². The molecule has 1 aromatic rings. The highest BCUT2D eigenvalue weighted by Gasteiger charge is 2.18. The van der Waals surface area contributed by atoms with E-state index in [-0.39, 0.29) is 5.41 Å². The molecule has 0 aromatic heterocycles. The lowest BCUT2D eigenvalue weighted by molar-refractivity contribution is 0.470. The Hall–Kier alpha value is -0.470. The summed E-state index contributed by atoms with van der Waals surface area (Å²) in [6.45, 7) is 6.62. The minimum atomic E-state index is 0.206. The van der Waals surface area contributed by atoms with Crippen LogP contribution in [0.3, 0.4) is 0 Å². The van der Waals surface area contributed by atoms with Crippen LogP contribution in [0.15, 0.2) is 30.3 Å². The summed E-state index contributed by atoms with van der Waals surface area (Å²) < 4.78 is 0. The van der Waals surface area contributed by atoms with Crippen molar-refractivity contribution in [2.45, 2.75) is 25.7 Å². The van der Waals surface area contributed by atoms with Gasteiger partial charge in [-0.15, -0.1) is 0 Å². The van der Waals surface area contributed by atoms with E-state index in [2.05, 4.69) is 62.1 Å². The van der Waals surface area contributed by atoms with Gasteiger partial charge in [-0.1, -0.05) is 44.2 Å². The normalized spacial score (nSPS) is 11.7. The second kappa shape index (κ2) is 6.19. The first kappa shape index (κ1) is 12.6. The highest BCUT2D eigenvalue weighted by atomic mass is 32.1. The van der Waals surface area contributed by atoms with E-state index in [0.717, 1.165) is 25.3 Å². The summed E-state index contributed by atoms with van der Waals surface area (Å²) in [6, 6.07) is 10.7. The highest BCUT2D eigenvalue weighted by Crippen LogP contribution is 2.21. The molecule has 1 aromatic carbocycles. The Labute approximate surface area is 98.7 Å². The van der Waals surface area contributed by atoms with Crippen LogP contribution in [-0.2, 0) is 5.41 Å². The lowest BCUT2D eigenvalue weighted by Gasteiger charge is -2.25. The van der Waals surface area contributed by atoms with E-state index in [0.29, 0.717) is 0 Å². The van der Waals surface area contributed by atoms with Crippen LogP contribution in [0.2, 0.25) is 0 Å². The number of thiol groups is 1. The summed E-state index contributed by atoms with van der Waals surface area (Å²) >= 11 is 4.20. The van der Waals surface area contributed by atoms with Crippen LogP contribution in [0.25, 0.3) is 0 Å². The van der Waals surface area contributed by atoms with E-state index in [1.54, 1.807) is 0 Å². The van der Waals surface area contributed by atoms with Gasteiger partial charge in [-0.25, -0.2) is 0 Å². The molecule has 1 nitrogen and oxygen atoms in total. The van der Waals surface area contributed by atoms with Gasteiger partial charge in [0.2, 0.25) is 0 Å². The quantitative estimate of drug-likeness (QED) is 0.558. The molecule has 0 radical (unpaired) electrons. The van der Waals surface area contributed by atoms with Crippen molar-refractivity contribution < 1.29 is 0 Å². The van der Waals surface area contributed by atoms with Crippen molar-refractivity contribution in [2.75, 3.05) is 18.8 Å². The van der Waals surface area contributed by atoms with E-state index in [9.17, 15) is 0 Å². The molecule has 84 valence electrons. The largest absolute Gasteiger partial charge is 0.316 e. The van der Waals surface area contributed by atoms with Crippen molar-refractivity contribution in [3.05, 3.63) is 35.9 Å². The molecule has 0 fully saturated rings. The van der Waals surface area contributed by atoms with Gasteiger partial charge in [0.15, 0.2) is 0 Å². The van der Waals surface area contributed by atoms with Crippen LogP contribution >= 0.6 is 12.6 Å². The molecule has 0 saturated heterocycles. The average Bonchev–Trinajstić information content (AvgIpc) is 2.26. The molecule has 0 aliphatic carbocycles. The molecule has 0 spiro atoms. The maximum atomic E-state index is 4.20. The molecule has 1 N–H and O–H groups in total. The van der Waals surface area contributed by atoms with E-state index in [1.165, 1.54) is 5.56 Å². The Bertz CT molecular complexity index is 269. The Morgan fingerprint density at radius 1 is 1.20 bits per heavy atom. The van der Waals surface area contributed by atoms with Crippen LogP contribution in [0.1, 0.15) is 25.8 Å². The SMILES string of the molecule is CC(C)(CNCCCS)c1ccccc1. The molecular weight excluding hydrogens is 202 g/mol. The van der Waals surface area contributed by atoms with Gasteiger partial charge in [0.05, 0.1) is 0 Å². The van der Waals surface area contributed by atoms with Crippen LogP contribution in [-0.4, -0.2) is 18.8 Å². The molecule has 0 aliphatic heterocycles. The first-order valence-electron chi connectivity index (χ1n) is 5.54. The van der Waals surface area contributed by atoms with Gasteiger partial charge >= 0.3 is 0 Å². The van der Waals surface area contributed by atoms with Gasteiger partial charge in [0, 0.05) is 12.0 Å². The van der Waals surface area contributed by atoms with Gasteiger partial charge in [0.1, 0.15) is 0 Å². The summed E-state index contributed by atoms with van der Waals surface area (Å²) in [5.74, 6) is 0.957. The predicted octanol–water partition coefficient (Wildman–Crippen LogP) is 2.87. The second-order valence-electron chi connectivity index (χ2n) is 4.50. The standard InChI is InChI=1S/C13H21NS/c1-13(2,11-14-9-6-10-15)12-7-4-3-5-8-12/h3-5,7-8,14-15H,6,9-11H2,1-2H3. The van der Waals surface area contributed by atoms with E-state index < -0.39 is 0 Å². The summed E-state index contributed by atoms with van der Waals surface area (Å²) in [5, 5.41) is 3.48. The fourth-order valence-corrected chi connectivity index (χ4v) is 1.75. The zero-order valence-electron chi connectivity index (χ0n) is 9.66. The molecule has 0 aliphatic rings. The van der Waals surface area contributed by atoms with Crippen LogP contribution in [0.5, 0.6) is 0 Å². The van der Waals surface area contributed by atoms with Gasteiger partial charge in [-0.05, 0) is 24.3 Å². The van der Waals surface area contributed by atoms with Crippen molar-refractivity contribution in [3.8, 4) is 0 Å². The van der Waals surface area contributed by atoms with Crippen molar-refractivity contribution in [3.63, 3.8) is 0 Å². The minimum absolute atomic E-state index is 0.206. The molecule has 0 saturated carbocycles. The number of hydrogen-bond donors (Lipinski definition) is 2. The van der Waals surface area contributed by atoms with Gasteiger partial charge in [-0.2, -0.15) is 12.6 Å². The van der Waals surface area contributed by atoms with Gasteiger partial charge in [-0.3, -0.25) is 0 Å². The topological polar surface area (TPSA) is 12.0 Å². The molecule has 0 unspecified atom stereocenters. The average molecular weight is 223 g/mol. The zero-order valence-corrected chi connectivity index (χ0v) is 10.6. The van der Waals surface area contributed by atoms with Gasteiger partial charge < -0.3 is 5.32 Å². The first-order valence-corrected chi connectivity index (χ1v) is 6.17. The summed E-state index contributed by atoms with van der Waals surface area (Å²) in [6.07, 6.45) is 1.13. The van der Waals surface area contributed by atoms with Crippen molar-refractivity contribution >= 4 is 12.6 Å². The summed E-state index contributed by atoms with van der Waals surface area (Å²) in [5.41, 5.74) is 1.60. The molecule has 0 heterocycles.